The van der Waals surface area contributed by atoms with E-state index in [-0.39, 0.29) is 0 Å². The van der Waals surface area contributed by atoms with E-state index in [1.807, 2.05) is 93.8 Å². The van der Waals surface area contributed by atoms with Gasteiger partial charge in [-0.3, -0.25) is 0 Å². The lowest BCUT2D eigenvalue weighted by atomic mass is 10.1. The van der Waals surface area contributed by atoms with E-state index < -0.39 is 11.7 Å². The van der Waals surface area contributed by atoms with E-state index in [2.05, 4.69) is 27.5 Å². The van der Waals surface area contributed by atoms with Crippen molar-refractivity contribution in [1.82, 2.24) is 20.3 Å². The van der Waals surface area contributed by atoms with E-state index in [1.54, 1.807) is 7.11 Å². The lowest BCUT2D eigenvalue weighted by Crippen LogP contribution is -2.33. The third kappa shape index (κ3) is 10.6. The van der Waals surface area contributed by atoms with Crippen LogP contribution >= 0.6 is 0 Å². The number of hydrogen-bond donors (Lipinski definition) is 2. The fourth-order valence-electron chi connectivity index (χ4n) is 4.20. The highest BCUT2D eigenvalue weighted by atomic mass is 16.6. The highest BCUT2D eigenvalue weighted by Crippen LogP contribution is 2.25. The highest BCUT2D eigenvalue weighted by Gasteiger charge is 2.15. The number of alkyl carbamates (subject to hydrolysis) is 1. The van der Waals surface area contributed by atoms with Crippen LogP contribution in [0.4, 0.5) is 10.6 Å². The van der Waals surface area contributed by atoms with E-state index in [0.717, 1.165) is 52.5 Å². The number of amides is 1. The third-order valence-electron chi connectivity index (χ3n) is 6.53. The molecule has 2 aromatic heterocycles. The molecule has 4 aromatic rings. The first-order valence-corrected chi connectivity index (χ1v) is 14.6. The number of anilines is 1. The van der Waals surface area contributed by atoms with Gasteiger partial charge in [-0.25, -0.2) is 14.8 Å². The molecule has 2 N–H and O–H groups in total. The second-order valence-corrected chi connectivity index (χ2v) is 11.2. The molecule has 2 aromatic carbocycles. The van der Waals surface area contributed by atoms with Crippen LogP contribution in [-0.2, 0) is 37.0 Å². The van der Waals surface area contributed by atoms with Gasteiger partial charge < -0.3 is 24.8 Å². The largest absolute Gasteiger partial charge is 0.497 e. The molecule has 226 valence electrons. The summed E-state index contributed by atoms with van der Waals surface area (Å²) in [6.07, 6.45) is 6.40. The van der Waals surface area contributed by atoms with Crippen molar-refractivity contribution < 1.29 is 19.0 Å². The number of carbonyl (C=O) groups excluding carboxylic acids is 1. The summed E-state index contributed by atoms with van der Waals surface area (Å²) in [5.74, 6) is 3.51. The highest BCUT2D eigenvalue weighted by molar-refractivity contribution is 5.67. The van der Waals surface area contributed by atoms with E-state index in [0.29, 0.717) is 37.6 Å². The summed E-state index contributed by atoms with van der Waals surface area (Å²) in [7, 11) is 1.66. The summed E-state index contributed by atoms with van der Waals surface area (Å²) in [5, 5.41) is 6.21. The molecule has 0 saturated carbocycles. The number of pyridine rings is 1. The molecule has 0 unspecified atom stereocenters. The number of methoxy groups -OCH3 is 1. The summed E-state index contributed by atoms with van der Waals surface area (Å²) in [5.41, 5.74) is 3.85. The molecule has 2 heterocycles. The number of aryl methyl sites for hydroxylation is 3. The maximum absolute atomic E-state index is 11.9. The molecule has 43 heavy (non-hydrogen) atoms. The average molecular weight is 584 g/mol. The number of ether oxygens (including phenoxy) is 3. The molecule has 0 atom stereocenters. The van der Waals surface area contributed by atoms with Crippen LogP contribution in [-0.4, -0.2) is 40.3 Å². The Kier molecular flexibility index (Phi) is 10.9. The van der Waals surface area contributed by atoms with Crippen molar-refractivity contribution in [2.45, 2.75) is 65.5 Å². The number of nitrogens with zero attached hydrogens (tertiary/aromatic N) is 3. The molecule has 4 rings (SSSR count). The number of hydrogen-bond acceptors (Lipinski definition) is 8. The molecule has 9 heteroatoms. The first-order chi connectivity index (χ1) is 20.7. The van der Waals surface area contributed by atoms with E-state index in [4.69, 9.17) is 19.2 Å². The minimum absolute atomic E-state index is 0.417. The second-order valence-electron chi connectivity index (χ2n) is 11.2. The number of carbonyl (C=O) groups is 1. The number of rotatable bonds is 13. The third-order valence-corrected chi connectivity index (χ3v) is 6.53. The van der Waals surface area contributed by atoms with Gasteiger partial charge in [0.2, 0.25) is 5.88 Å². The van der Waals surface area contributed by atoms with Crippen LogP contribution in [0.15, 0.2) is 73.1 Å². The van der Waals surface area contributed by atoms with Crippen LogP contribution in [0.3, 0.4) is 0 Å². The average Bonchev–Trinajstić information content (AvgIpc) is 2.99. The summed E-state index contributed by atoms with van der Waals surface area (Å²) in [6.45, 7) is 8.70. The van der Waals surface area contributed by atoms with Crippen molar-refractivity contribution in [3.8, 4) is 17.4 Å². The van der Waals surface area contributed by atoms with Gasteiger partial charge in [0.25, 0.3) is 0 Å². The zero-order valence-electron chi connectivity index (χ0n) is 25.6. The Balaban J connectivity index is 1.41. The van der Waals surface area contributed by atoms with Gasteiger partial charge in [-0.15, -0.1) is 0 Å². The van der Waals surface area contributed by atoms with Gasteiger partial charge in [-0.2, -0.15) is 4.98 Å². The number of nitrogens with one attached hydrogen (secondary N) is 2. The molecule has 0 bridgehead atoms. The zero-order chi connectivity index (χ0) is 30.7. The molecule has 0 spiro atoms. The van der Waals surface area contributed by atoms with Gasteiger partial charge in [0, 0.05) is 38.0 Å². The van der Waals surface area contributed by atoms with Crippen LogP contribution in [0.25, 0.3) is 0 Å². The van der Waals surface area contributed by atoms with Crippen molar-refractivity contribution in [3.63, 3.8) is 0 Å². The predicted octanol–water partition coefficient (Wildman–Crippen LogP) is 6.70. The van der Waals surface area contributed by atoms with Gasteiger partial charge in [0.1, 0.15) is 28.7 Å². The van der Waals surface area contributed by atoms with Crippen LogP contribution in [0.5, 0.6) is 17.4 Å². The Hall–Kier alpha value is -4.66. The quantitative estimate of drug-likeness (QED) is 0.179. The van der Waals surface area contributed by atoms with E-state index in [1.165, 1.54) is 0 Å². The first kappa shape index (κ1) is 31.3. The lowest BCUT2D eigenvalue weighted by Gasteiger charge is -2.19. The minimum atomic E-state index is -0.520. The minimum Gasteiger partial charge on any atom is -0.497 e. The Labute approximate surface area is 254 Å². The Morgan fingerprint density at radius 1 is 0.814 bits per heavy atom. The molecule has 0 fully saturated rings. The van der Waals surface area contributed by atoms with E-state index in [9.17, 15) is 4.79 Å². The molecule has 0 saturated heterocycles. The molecule has 0 aliphatic carbocycles. The zero-order valence-corrected chi connectivity index (χ0v) is 25.6. The van der Waals surface area contributed by atoms with Crippen molar-refractivity contribution in [1.29, 1.82) is 0 Å². The van der Waals surface area contributed by atoms with Gasteiger partial charge in [-0.1, -0.05) is 31.2 Å². The topological polar surface area (TPSA) is 107 Å². The van der Waals surface area contributed by atoms with Crippen LogP contribution in [0, 0.1) is 0 Å². The molecule has 0 aliphatic rings. The standard InChI is InChI=1S/C34H41N5O4/c1-6-24-21-36-30(37-22-24)16-11-27-19-31(38-23-26-9-12-28(41-5)13-10-26)39-32(20-27)42-29-14-7-25(8-15-29)17-18-35-33(40)43-34(2,3)4/h7-10,12-15,19-22H,6,11,16-18,23H2,1-5H3,(H,35,40)(H,38,39). The monoisotopic (exact) mass is 583 g/mol. The van der Waals surface area contributed by atoms with Gasteiger partial charge in [0.05, 0.1) is 7.11 Å². The van der Waals surface area contributed by atoms with E-state index >= 15 is 0 Å². The smallest absolute Gasteiger partial charge is 0.407 e. The molecular weight excluding hydrogens is 542 g/mol. The van der Waals surface area contributed by atoms with Crippen LogP contribution in [0.2, 0.25) is 0 Å². The molecular formula is C34H41N5O4. The second kappa shape index (κ2) is 15.0. The molecule has 0 aliphatic heterocycles. The lowest BCUT2D eigenvalue weighted by molar-refractivity contribution is 0.0528. The fraction of sp³-hybridized carbons (Fsp3) is 0.353. The van der Waals surface area contributed by atoms with Gasteiger partial charge >= 0.3 is 6.09 Å². The SMILES string of the molecule is CCc1cnc(CCc2cc(NCc3ccc(OC)cc3)nc(Oc3ccc(CCNC(=O)OC(C)(C)C)cc3)c2)nc1. The Bertz CT molecular complexity index is 1380. The van der Waals surface area contributed by atoms with Crippen molar-refractivity contribution >= 4 is 11.9 Å². The maximum Gasteiger partial charge on any atom is 0.407 e. The Morgan fingerprint density at radius 3 is 2.14 bits per heavy atom. The van der Waals surface area contributed by atoms with Crippen LogP contribution in [0.1, 0.15) is 55.8 Å². The summed E-state index contributed by atoms with van der Waals surface area (Å²) < 4.78 is 16.7. The normalized spacial score (nSPS) is 11.1. The molecule has 0 radical (unpaired) electrons. The summed E-state index contributed by atoms with van der Waals surface area (Å²) in [6, 6.07) is 19.7. The van der Waals surface area contributed by atoms with Crippen molar-refractivity contribution in [2.75, 3.05) is 19.0 Å². The van der Waals surface area contributed by atoms with Crippen molar-refractivity contribution in [2.24, 2.45) is 0 Å². The maximum atomic E-state index is 11.9. The number of aromatic nitrogens is 3. The summed E-state index contributed by atoms with van der Waals surface area (Å²) in [4.78, 5) is 25.6. The van der Waals surface area contributed by atoms with Crippen molar-refractivity contribution in [3.05, 3.63) is 101 Å². The van der Waals surface area contributed by atoms with Crippen LogP contribution < -0.4 is 20.1 Å². The van der Waals surface area contributed by atoms with Gasteiger partial charge in [-0.05, 0) is 92.6 Å². The Morgan fingerprint density at radius 2 is 1.49 bits per heavy atom. The number of benzene rings is 2. The summed E-state index contributed by atoms with van der Waals surface area (Å²) >= 11 is 0. The van der Waals surface area contributed by atoms with Gasteiger partial charge in [0.15, 0.2) is 0 Å². The first-order valence-electron chi connectivity index (χ1n) is 14.6. The predicted molar refractivity (Wildman–Crippen MR) is 168 cm³/mol. The fourth-order valence-corrected chi connectivity index (χ4v) is 4.20. The molecule has 9 nitrogen and oxygen atoms in total. The molecule has 1 amide bonds.